The zero-order chi connectivity index (χ0) is 19.3. The van der Waals surface area contributed by atoms with Crippen molar-refractivity contribution in [3.63, 3.8) is 0 Å². The minimum absolute atomic E-state index is 0.0234. The molecule has 27 heavy (non-hydrogen) atoms. The van der Waals surface area contributed by atoms with Gasteiger partial charge in [0.2, 0.25) is 0 Å². The fourth-order valence-electron chi connectivity index (χ4n) is 2.61. The van der Waals surface area contributed by atoms with E-state index in [2.05, 4.69) is 25.3 Å². The zero-order valence-corrected chi connectivity index (χ0v) is 14.2. The number of nitrogens with one attached hydrogen (secondary N) is 1. The van der Waals surface area contributed by atoms with E-state index in [1.807, 2.05) is 0 Å². The number of rotatable bonds is 2. The van der Waals surface area contributed by atoms with Crippen molar-refractivity contribution in [2.24, 2.45) is 0 Å². The third kappa shape index (κ3) is 2.68. The lowest BCUT2D eigenvalue weighted by Crippen LogP contribution is -2.38. The Kier molecular flexibility index (Phi) is 3.81. The number of halogens is 3. The number of benzene rings is 1. The van der Waals surface area contributed by atoms with Crippen LogP contribution in [-0.2, 0) is 0 Å². The third-order valence-corrected chi connectivity index (χ3v) is 3.96. The summed E-state index contributed by atoms with van der Waals surface area (Å²) in [6.45, 7) is 1.46. The van der Waals surface area contributed by atoms with E-state index in [4.69, 9.17) is 11.6 Å². The van der Waals surface area contributed by atoms with E-state index in [1.165, 1.54) is 19.3 Å². The van der Waals surface area contributed by atoms with Crippen molar-refractivity contribution >= 4 is 22.6 Å². The first-order chi connectivity index (χ1) is 12.9. The Hall–Kier alpha value is -3.47. The minimum atomic E-state index is -1.13. The van der Waals surface area contributed by atoms with Crippen LogP contribution in [0.3, 0.4) is 0 Å². The van der Waals surface area contributed by atoms with Gasteiger partial charge in [0.25, 0.3) is 5.56 Å². The van der Waals surface area contributed by atoms with E-state index >= 15 is 0 Å². The lowest BCUT2D eigenvalue weighted by atomic mass is 10.2. The Morgan fingerprint density at radius 1 is 1.15 bits per heavy atom. The van der Waals surface area contributed by atoms with Crippen molar-refractivity contribution in [3.8, 4) is 11.5 Å². The SMILES string of the molecule is Cc1[nH]c(=O)n(-c2cncc(Cl)n2)c(=O)c1-n1nnc2cc(F)c(F)cc21. The first-order valence-corrected chi connectivity index (χ1v) is 7.79. The Labute approximate surface area is 152 Å². The number of hydrogen-bond donors (Lipinski definition) is 1. The molecule has 0 amide bonds. The van der Waals surface area contributed by atoms with Crippen molar-refractivity contribution in [3.05, 3.63) is 67.8 Å². The standard InChI is InChI=1S/C15H8ClF2N7O2/c1-6-13(25-10-3-8(18)7(17)2-9(10)22-23-25)14(26)24(15(27)20-6)12-5-19-4-11(16)21-12/h2-5H,1H3,(H,20,27). The average Bonchev–Trinajstić information content (AvgIpc) is 2.97. The lowest BCUT2D eigenvalue weighted by molar-refractivity contribution is 0.510. The third-order valence-electron chi connectivity index (χ3n) is 3.78. The van der Waals surface area contributed by atoms with E-state index in [9.17, 15) is 18.4 Å². The molecule has 136 valence electrons. The monoisotopic (exact) mass is 391 g/mol. The maximum Gasteiger partial charge on any atom is 0.334 e. The number of aryl methyl sites for hydroxylation is 1. The number of H-pyrrole nitrogens is 1. The van der Waals surface area contributed by atoms with Crippen LogP contribution >= 0.6 is 11.6 Å². The summed E-state index contributed by atoms with van der Waals surface area (Å²) >= 11 is 5.77. The molecule has 0 unspecified atom stereocenters. The topological polar surface area (TPSA) is 111 Å². The van der Waals surface area contributed by atoms with Crippen LogP contribution in [-0.4, -0.2) is 34.5 Å². The molecule has 0 fully saturated rings. The van der Waals surface area contributed by atoms with Crippen LogP contribution in [0.4, 0.5) is 8.78 Å². The van der Waals surface area contributed by atoms with E-state index in [0.717, 1.165) is 16.8 Å². The van der Waals surface area contributed by atoms with Gasteiger partial charge in [0.15, 0.2) is 23.1 Å². The summed E-state index contributed by atoms with van der Waals surface area (Å²) in [5.41, 5.74) is -1.49. The Morgan fingerprint density at radius 2 is 1.89 bits per heavy atom. The molecule has 0 saturated heterocycles. The van der Waals surface area contributed by atoms with E-state index < -0.39 is 22.9 Å². The van der Waals surface area contributed by atoms with Gasteiger partial charge in [-0.3, -0.25) is 9.78 Å². The van der Waals surface area contributed by atoms with Crippen molar-refractivity contribution in [1.82, 2.24) is 34.5 Å². The maximum atomic E-state index is 13.7. The van der Waals surface area contributed by atoms with Crippen LogP contribution in [0.15, 0.2) is 34.1 Å². The molecule has 12 heteroatoms. The zero-order valence-electron chi connectivity index (χ0n) is 13.4. The number of hydrogen-bond acceptors (Lipinski definition) is 6. The molecular weight excluding hydrogens is 384 g/mol. The molecule has 9 nitrogen and oxygen atoms in total. The van der Waals surface area contributed by atoms with Crippen LogP contribution < -0.4 is 11.2 Å². The molecule has 4 aromatic rings. The Morgan fingerprint density at radius 3 is 2.63 bits per heavy atom. The quantitative estimate of drug-likeness (QED) is 0.551. The number of fused-ring (bicyclic) bond motifs is 1. The van der Waals surface area contributed by atoms with Gasteiger partial charge in [0.05, 0.1) is 17.9 Å². The van der Waals surface area contributed by atoms with Gasteiger partial charge < -0.3 is 4.98 Å². The molecule has 0 spiro atoms. The van der Waals surface area contributed by atoms with Crippen molar-refractivity contribution in [2.75, 3.05) is 0 Å². The molecule has 0 aliphatic carbocycles. The molecule has 1 aromatic carbocycles. The highest BCUT2D eigenvalue weighted by molar-refractivity contribution is 6.29. The molecule has 1 N–H and O–H groups in total. The second-order valence-corrected chi connectivity index (χ2v) is 5.89. The van der Waals surface area contributed by atoms with Gasteiger partial charge in [-0.1, -0.05) is 16.8 Å². The second-order valence-electron chi connectivity index (χ2n) is 5.50. The second kappa shape index (κ2) is 6.06. The molecule has 0 aliphatic rings. The van der Waals surface area contributed by atoms with Crippen molar-refractivity contribution < 1.29 is 8.78 Å². The normalized spacial score (nSPS) is 11.3. The predicted molar refractivity (Wildman–Crippen MR) is 90.3 cm³/mol. The highest BCUT2D eigenvalue weighted by Crippen LogP contribution is 2.19. The minimum Gasteiger partial charge on any atom is -0.309 e. The highest BCUT2D eigenvalue weighted by atomic mass is 35.5. The van der Waals surface area contributed by atoms with Crippen LogP contribution in [0.5, 0.6) is 0 Å². The number of aromatic amines is 1. The van der Waals surface area contributed by atoms with Crippen LogP contribution in [0, 0.1) is 18.6 Å². The molecule has 0 bridgehead atoms. The summed E-state index contributed by atoms with van der Waals surface area (Å²) in [5, 5.41) is 7.50. The van der Waals surface area contributed by atoms with E-state index in [0.29, 0.717) is 4.57 Å². The van der Waals surface area contributed by atoms with Gasteiger partial charge in [-0.05, 0) is 6.92 Å². The van der Waals surface area contributed by atoms with Gasteiger partial charge in [-0.25, -0.2) is 27.8 Å². The number of nitrogens with zero attached hydrogens (tertiary/aromatic N) is 6. The Balaban J connectivity index is 2.06. The predicted octanol–water partition coefficient (Wildman–Crippen LogP) is 1.29. The lowest BCUT2D eigenvalue weighted by Gasteiger charge is -2.09. The number of aromatic nitrogens is 7. The highest BCUT2D eigenvalue weighted by Gasteiger charge is 2.20. The molecule has 0 saturated carbocycles. The molecule has 4 rings (SSSR count). The molecule has 0 atom stereocenters. The summed E-state index contributed by atoms with van der Waals surface area (Å²) in [6.07, 6.45) is 2.41. The fraction of sp³-hybridized carbons (Fsp3) is 0.0667. The van der Waals surface area contributed by atoms with Gasteiger partial charge in [-0.2, -0.15) is 0 Å². The summed E-state index contributed by atoms with van der Waals surface area (Å²) in [4.78, 5) is 35.5. The van der Waals surface area contributed by atoms with Gasteiger partial charge in [-0.15, -0.1) is 5.10 Å². The Bertz CT molecular complexity index is 1330. The first kappa shape index (κ1) is 17.0. The summed E-state index contributed by atoms with van der Waals surface area (Å²) in [5.74, 6) is -2.34. The van der Waals surface area contributed by atoms with Gasteiger partial charge in [0.1, 0.15) is 10.7 Å². The van der Waals surface area contributed by atoms with E-state index in [-0.39, 0.29) is 33.4 Å². The maximum absolute atomic E-state index is 13.7. The summed E-state index contributed by atoms with van der Waals surface area (Å²) in [6, 6.07) is 1.72. The largest absolute Gasteiger partial charge is 0.334 e. The average molecular weight is 392 g/mol. The molecule has 0 radical (unpaired) electrons. The first-order valence-electron chi connectivity index (χ1n) is 7.41. The van der Waals surface area contributed by atoms with Crippen LogP contribution in [0.2, 0.25) is 5.15 Å². The van der Waals surface area contributed by atoms with Gasteiger partial charge in [0, 0.05) is 17.8 Å². The molecule has 0 aliphatic heterocycles. The van der Waals surface area contributed by atoms with E-state index in [1.54, 1.807) is 0 Å². The van der Waals surface area contributed by atoms with Crippen molar-refractivity contribution in [2.45, 2.75) is 6.92 Å². The van der Waals surface area contributed by atoms with Gasteiger partial charge >= 0.3 is 5.69 Å². The molecule has 3 aromatic heterocycles. The molecule has 3 heterocycles. The fourth-order valence-corrected chi connectivity index (χ4v) is 2.76. The summed E-state index contributed by atoms with van der Waals surface area (Å²) in [7, 11) is 0. The smallest absolute Gasteiger partial charge is 0.309 e. The van der Waals surface area contributed by atoms with Crippen LogP contribution in [0.25, 0.3) is 22.5 Å². The summed E-state index contributed by atoms with van der Waals surface area (Å²) < 4.78 is 28.8. The van der Waals surface area contributed by atoms with Crippen LogP contribution in [0.1, 0.15) is 5.69 Å². The van der Waals surface area contributed by atoms with Crippen molar-refractivity contribution in [1.29, 1.82) is 0 Å². The molecular formula is C15H8ClF2N7O2.